The highest BCUT2D eigenvalue weighted by atomic mass is 31.1. The Morgan fingerprint density at radius 2 is 1.42 bits per heavy atom. The van der Waals surface area contributed by atoms with Gasteiger partial charge in [0.25, 0.3) is 0 Å². The molecule has 3 aromatic carbocycles. The predicted octanol–water partition coefficient (Wildman–Crippen LogP) is 4.03. The van der Waals surface area contributed by atoms with Crippen molar-refractivity contribution in [3.8, 4) is 11.1 Å². The molecule has 2 nitrogen and oxygen atoms in total. The van der Waals surface area contributed by atoms with Crippen LogP contribution in [0, 0.1) is 13.8 Å². The fourth-order valence-electron chi connectivity index (χ4n) is 3.57. The van der Waals surface area contributed by atoms with Crippen LogP contribution in [0.15, 0.2) is 60.7 Å². The molecule has 0 aliphatic carbocycles. The molecule has 0 fully saturated rings. The molecule has 1 aliphatic rings. The highest BCUT2D eigenvalue weighted by Gasteiger charge is 2.30. The standard InChI is InChI=1S/C21H17O2P/c1-13-7-5-8-14(2)19(13)20(22)17-11-6-10-16-15-9-3-4-12-18(15)24(23)21(16)17/h3-12,24H,1-2H3. The van der Waals surface area contributed by atoms with Crippen LogP contribution in [-0.4, -0.2) is 5.78 Å². The predicted molar refractivity (Wildman–Crippen MR) is 99.5 cm³/mol. The Morgan fingerprint density at radius 3 is 2.17 bits per heavy atom. The third-order valence-corrected chi connectivity index (χ3v) is 6.62. The van der Waals surface area contributed by atoms with Gasteiger partial charge >= 0.3 is 0 Å². The van der Waals surface area contributed by atoms with E-state index in [0.717, 1.165) is 38.4 Å². The summed E-state index contributed by atoms with van der Waals surface area (Å²) in [5, 5.41) is 1.58. The lowest BCUT2D eigenvalue weighted by Crippen LogP contribution is -2.16. The monoisotopic (exact) mass is 332 g/mol. The molecular formula is C21H17O2P. The Morgan fingerprint density at radius 1 is 0.792 bits per heavy atom. The first-order valence-corrected chi connectivity index (χ1v) is 9.38. The summed E-state index contributed by atoms with van der Waals surface area (Å²) in [7, 11) is -2.15. The maximum absolute atomic E-state index is 13.2. The van der Waals surface area contributed by atoms with Crippen molar-refractivity contribution in [1.82, 2.24) is 0 Å². The van der Waals surface area contributed by atoms with Crippen LogP contribution < -0.4 is 10.6 Å². The zero-order valence-corrected chi connectivity index (χ0v) is 14.6. The lowest BCUT2D eigenvalue weighted by Gasteiger charge is -2.11. The van der Waals surface area contributed by atoms with Gasteiger partial charge in [-0.2, -0.15) is 0 Å². The molecule has 0 radical (unpaired) electrons. The van der Waals surface area contributed by atoms with Gasteiger partial charge in [0.05, 0.1) is 0 Å². The Hall–Kier alpha value is -2.44. The lowest BCUT2D eigenvalue weighted by atomic mass is 9.93. The number of carbonyl (C=O) groups is 1. The number of aryl methyl sites for hydroxylation is 2. The van der Waals surface area contributed by atoms with Gasteiger partial charge < -0.3 is 4.57 Å². The Bertz CT molecular complexity index is 998. The first-order valence-electron chi connectivity index (χ1n) is 7.97. The second kappa shape index (κ2) is 5.58. The first kappa shape index (κ1) is 15.1. The van der Waals surface area contributed by atoms with Crippen molar-refractivity contribution < 1.29 is 9.36 Å². The van der Waals surface area contributed by atoms with Crippen molar-refractivity contribution in [2.75, 3.05) is 0 Å². The van der Waals surface area contributed by atoms with E-state index < -0.39 is 7.80 Å². The zero-order valence-electron chi connectivity index (χ0n) is 13.6. The highest BCUT2D eigenvalue weighted by Crippen LogP contribution is 2.39. The quantitative estimate of drug-likeness (QED) is 0.410. The summed E-state index contributed by atoms with van der Waals surface area (Å²) in [6, 6.07) is 19.2. The van der Waals surface area contributed by atoms with Gasteiger partial charge in [0.1, 0.15) is 7.80 Å². The molecule has 1 aliphatic heterocycles. The number of ketones is 1. The average Bonchev–Trinajstić information content (AvgIpc) is 2.88. The molecule has 0 aromatic heterocycles. The van der Waals surface area contributed by atoms with Crippen LogP contribution in [0.4, 0.5) is 0 Å². The minimum Gasteiger partial charge on any atom is -0.317 e. The van der Waals surface area contributed by atoms with E-state index in [1.807, 2.05) is 74.5 Å². The van der Waals surface area contributed by atoms with Gasteiger partial charge in [-0.3, -0.25) is 4.79 Å². The van der Waals surface area contributed by atoms with Gasteiger partial charge in [-0.1, -0.05) is 60.7 Å². The minimum absolute atomic E-state index is 0.0337. The molecular weight excluding hydrogens is 315 g/mol. The molecule has 1 unspecified atom stereocenters. The van der Waals surface area contributed by atoms with Gasteiger partial charge in [-0.15, -0.1) is 0 Å². The van der Waals surface area contributed by atoms with E-state index in [1.165, 1.54) is 0 Å². The van der Waals surface area contributed by atoms with Gasteiger partial charge in [0.15, 0.2) is 5.78 Å². The van der Waals surface area contributed by atoms with Crippen molar-refractivity contribution in [2.24, 2.45) is 0 Å². The maximum Gasteiger partial charge on any atom is 0.194 e. The zero-order chi connectivity index (χ0) is 16.8. The Balaban J connectivity index is 1.95. The highest BCUT2D eigenvalue weighted by molar-refractivity contribution is 7.63. The normalized spacial score (nSPS) is 15.0. The van der Waals surface area contributed by atoms with Crippen LogP contribution in [0.5, 0.6) is 0 Å². The number of benzene rings is 3. The molecule has 0 saturated heterocycles. The van der Waals surface area contributed by atoms with Gasteiger partial charge in [-0.05, 0) is 36.1 Å². The molecule has 1 atom stereocenters. The van der Waals surface area contributed by atoms with Crippen molar-refractivity contribution in [2.45, 2.75) is 13.8 Å². The fraction of sp³-hybridized carbons (Fsp3) is 0.0952. The molecule has 118 valence electrons. The SMILES string of the molecule is Cc1cccc(C)c1C(=O)c1cccc2c1[PH](=O)c1ccccc1-2. The van der Waals surface area contributed by atoms with E-state index >= 15 is 0 Å². The third kappa shape index (κ3) is 2.11. The Kier molecular flexibility index (Phi) is 3.51. The van der Waals surface area contributed by atoms with Crippen LogP contribution in [0.3, 0.4) is 0 Å². The summed E-state index contributed by atoms with van der Waals surface area (Å²) in [4.78, 5) is 13.2. The van der Waals surface area contributed by atoms with Crippen molar-refractivity contribution in [1.29, 1.82) is 0 Å². The molecule has 4 rings (SSSR count). The number of hydrogen-bond donors (Lipinski definition) is 0. The summed E-state index contributed by atoms with van der Waals surface area (Å²) in [6.45, 7) is 3.89. The summed E-state index contributed by atoms with van der Waals surface area (Å²) in [5.74, 6) is -0.0337. The van der Waals surface area contributed by atoms with E-state index in [2.05, 4.69) is 0 Å². The summed E-state index contributed by atoms with van der Waals surface area (Å²) >= 11 is 0. The van der Waals surface area contributed by atoms with Crippen molar-refractivity contribution in [3.63, 3.8) is 0 Å². The van der Waals surface area contributed by atoms with E-state index in [1.54, 1.807) is 0 Å². The van der Waals surface area contributed by atoms with E-state index in [-0.39, 0.29) is 5.78 Å². The van der Waals surface area contributed by atoms with Crippen LogP contribution in [-0.2, 0) is 4.57 Å². The molecule has 1 heterocycles. The molecule has 0 spiro atoms. The molecule has 3 aromatic rings. The maximum atomic E-state index is 13.2. The minimum atomic E-state index is -2.15. The first-order chi connectivity index (χ1) is 11.6. The number of rotatable bonds is 2. The van der Waals surface area contributed by atoms with Crippen molar-refractivity contribution >= 4 is 24.2 Å². The van der Waals surface area contributed by atoms with E-state index in [9.17, 15) is 9.36 Å². The average molecular weight is 332 g/mol. The molecule has 0 amide bonds. The van der Waals surface area contributed by atoms with Gasteiger partial charge in [0.2, 0.25) is 0 Å². The van der Waals surface area contributed by atoms with Gasteiger partial charge in [-0.25, -0.2) is 0 Å². The summed E-state index contributed by atoms with van der Waals surface area (Å²) in [6.07, 6.45) is 0. The van der Waals surface area contributed by atoms with E-state index in [4.69, 9.17) is 0 Å². The lowest BCUT2D eigenvalue weighted by molar-refractivity contribution is 0.103. The smallest absolute Gasteiger partial charge is 0.194 e. The van der Waals surface area contributed by atoms with Crippen molar-refractivity contribution in [3.05, 3.63) is 82.9 Å². The second-order valence-electron chi connectivity index (χ2n) is 6.20. The largest absolute Gasteiger partial charge is 0.317 e. The van der Waals surface area contributed by atoms with Crippen LogP contribution in [0.2, 0.25) is 0 Å². The summed E-state index contributed by atoms with van der Waals surface area (Å²) in [5.41, 5.74) is 5.13. The molecule has 0 N–H and O–H groups in total. The topological polar surface area (TPSA) is 34.1 Å². The molecule has 0 bridgehead atoms. The number of fused-ring (bicyclic) bond motifs is 3. The number of hydrogen-bond acceptors (Lipinski definition) is 2. The second-order valence-corrected chi connectivity index (χ2v) is 7.90. The number of carbonyl (C=O) groups excluding carboxylic acids is 1. The van der Waals surface area contributed by atoms with Crippen LogP contribution in [0.25, 0.3) is 11.1 Å². The van der Waals surface area contributed by atoms with E-state index in [0.29, 0.717) is 5.56 Å². The van der Waals surface area contributed by atoms with Gasteiger partial charge in [0, 0.05) is 21.7 Å². The summed E-state index contributed by atoms with van der Waals surface area (Å²) < 4.78 is 13.0. The molecule has 3 heteroatoms. The molecule has 24 heavy (non-hydrogen) atoms. The fourth-order valence-corrected chi connectivity index (χ4v) is 5.45. The Labute approximate surface area is 142 Å². The van der Waals surface area contributed by atoms with Crippen LogP contribution in [0.1, 0.15) is 27.0 Å². The van der Waals surface area contributed by atoms with Crippen LogP contribution >= 0.6 is 7.80 Å². The molecule has 0 saturated carbocycles. The third-order valence-electron chi connectivity index (χ3n) is 4.71.